The highest BCUT2D eigenvalue weighted by atomic mass is 14.5. The first-order valence-electron chi connectivity index (χ1n) is 5.69. The molecule has 0 bridgehead atoms. The molecule has 76 valence electrons. The third-order valence-corrected chi connectivity index (χ3v) is 3.29. The molecule has 2 rings (SSSR count). The van der Waals surface area contributed by atoms with E-state index in [9.17, 15) is 0 Å². The second-order valence-electron chi connectivity index (χ2n) is 4.28. The van der Waals surface area contributed by atoms with Crippen LogP contribution in [-0.2, 0) is 6.54 Å². The van der Waals surface area contributed by atoms with Gasteiger partial charge in [0.05, 0.1) is 0 Å². The minimum Gasteiger partial charge on any atom is -0.326 e. The number of hydrogen-bond donors (Lipinski definition) is 1. The van der Waals surface area contributed by atoms with Crippen LogP contribution in [0.15, 0.2) is 24.3 Å². The molecule has 0 unspecified atom stereocenters. The largest absolute Gasteiger partial charge is 0.326 e. The third-order valence-electron chi connectivity index (χ3n) is 3.29. The minimum absolute atomic E-state index is 0.658. The Bertz CT molecular complexity index is 270. The van der Waals surface area contributed by atoms with Crippen LogP contribution in [0.3, 0.4) is 0 Å². The van der Waals surface area contributed by atoms with Gasteiger partial charge in [0.1, 0.15) is 0 Å². The zero-order chi connectivity index (χ0) is 9.80. The summed E-state index contributed by atoms with van der Waals surface area (Å²) >= 11 is 0. The molecule has 14 heavy (non-hydrogen) atoms. The van der Waals surface area contributed by atoms with Crippen LogP contribution in [0.5, 0.6) is 0 Å². The van der Waals surface area contributed by atoms with E-state index < -0.39 is 0 Å². The van der Waals surface area contributed by atoms with Crippen molar-refractivity contribution in [3.8, 4) is 0 Å². The number of nitrogens with two attached hydrogens (primary N) is 1. The first kappa shape index (κ1) is 9.72. The predicted molar refractivity (Wildman–Crippen MR) is 60.2 cm³/mol. The van der Waals surface area contributed by atoms with Crippen molar-refractivity contribution in [3.63, 3.8) is 0 Å². The molecule has 0 atom stereocenters. The van der Waals surface area contributed by atoms with E-state index in [0.29, 0.717) is 6.54 Å². The fourth-order valence-corrected chi connectivity index (χ4v) is 2.36. The number of benzene rings is 1. The lowest BCUT2D eigenvalue weighted by Crippen LogP contribution is -2.04. The topological polar surface area (TPSA) is 26.0 Å². The zero-order valence-electron chi connectivity index (χ0n) is 8.71. The Kier molecular flexibility index (Phi) is 3.20. The highest BCUT2D eigenvalue weighted by Gasteiger charge is 2.14. The lowest BCUT2D eigenvalue weighted by atomic mass is 9.84. The average molecular weight is 189 g/mol. The summed E-state index contributed by atoms with van der Waals surface area (Å²) in [6.45, 7) is 0.658. The van der Waals surface area contributed by atoms with Gasteiger partial charge in [-0.15, -0.1) is 0 Å². The molecule has 1 aliphatic carbocycles. The van der Waals surface area contributed by atoms with Crippen LogP contribution < -0.4 is 5.73 Å². The Morgan fingerprint density at radius 2 is 1.64 bits per heavy atom. The lowest BCUT2D eigenvalue weighted by Gasteiger charge is -2.22. The Morgan fingerprint density at radius 3 is 2.21 bits per heavy atom. The summed E-state index contributed by atoms with van der Waals surface area (Å²) in [6, 6.07) is 8.87. The molecule has 1 aliphatic rings. The van der Waals surface area contributed by atoms with Gasteiger partial charge >= 0.3 is 0 Å². The molecule has 1 nitrogen and oxygen atoms in total. The minimum atomic E-state index is 0.658. The van der Waals surface area contributed by atoms with Gasteiger partial charge in [0.15, 0.2) is 0 Å². The third kappa shape index (κ3) is 2.16. The fraction of sp³-hybridized carbons (Fsp3) is 0.538. The molecule has 0 saturated heterocycles. The fourth-order valence-electron chi connectivity index (χ4n) is 2.36. The predicted octanol–water partition coefficient (Wildman–Crippen LogP) is 3.19. The van der Waals surface area contributed by atoms with Crippen molar-refractivity contribution in [2.75, 3.05) is 0 Å². The molecular weight excluding hydrogens is 170 g/mol. The SMILES string of the molecule is NCc1ccc(C2CCCCC2)cc1. The summed E-state index contributed by atoms with van der Waals surface area (Å²) in [5, 5.41) is 0. The monoisotopic (exact) mass is 189 g/mol. The zero-order valence-corrected chi connectivity index (χ0v) is 8.71. The summed E-state index contributed by atoms with van der Waals surface area (Å²) in [5.74, 6) is 0.815. The van der Waals surface area contributed by atoms with Gasteiger partial charge in [-0.3, -0.25) is 0 Å². The van der Waals surface area contributed by atoms with Crippen molar-refractivity contribution < 1.29 is 0 Å². The summed E-state index contributed by atoms with van der Waals surface area (Å²) in [5.41, 5.74) is 8.33. The molecule has 0 spiro atoms. The van der Waals surface area contributed by atoms with Crippen molar-refractivity contribution in [1.82, 2.24) is 0 Å². The van der Waals surface area contributed by atoms with Gasteiger partial charge < -0.3 is 5.73 Å². The van der Waals surface area contributed by atoms with Crippen LogP contribution >= 0.6 is 0 Å². The highest BCUT2D eigenvalue weighted by molar-refractivity contribution is 5.25. The van der Waals surface area contributed by atoms with Crippen LogP contribution in [0.25, 0.3) is 0 Å². The summed E-state index contributed by atoms with van der Waals surface area (Å²) < 4.78 is 0. The first-order valence-corrected chi connectivity index (χ1v) is 5.69. The van der Waals surface area contributed by atoms with Crippen LogP contribution in [0.4, 0.5) is 0 Å². The van der Waals surface area contributed by atoms with Crippen LogP contribution in [0, 0.1) is 0 Å². The molecule has 2 N–H and O–H groups in total. The van der Waals surface area contributed by atoms with Gasteiger partial charge in [0.25, 0.3) is 0 Å². The maximum atomic E-state index is 5.58. The molecule has 1 aromatic carbocycles. The molecule has 1 aromatic rings. The van der Waals surface area contributed by atoms with E-state index in [1.54, 1.807) is 0 Å². The highest BCUT2D eigenvalue weighted by Crippen LogP contribution is 2.32. The van der Waals surface area contributed by atoms with Gasteiger partial charge in [-0.1, -0.05) is 43.5 Å². The lowest BCUT2D eigenvalue weighted by molar-refractivity contribution is 0.443. The van der Waals surface area contributed by atoms with E-state index in [1.807, 2.05) is 0 Å². The smallest absolute Gasteiger partial charge is 0.0178 e. The Labute approximate surface area is 86.3 Å². The molecule has 1 saturated carbocycles. The summed E-state index contributed by atoms with van der Waals surface area (Å²) in [6.07, 6.45) is 6.99. The van der Waals surface area contributed by atoms with Crippen LogP contribution in [-0.4, -0.2) is 0 Å². The van der Waals surface area contributed by atoms with Crippen molar-refractivity contribution in [2.45, 2.75) is 44.6 Å². The molecule has 1 heteroatoms. The number of hydrogen-bond acceptors (Lipinski definition) is 1. The van der Waals surface area contributed by atoms with Gasteiger partial charge in [0, 0.05) is 6.54 Å². The van der Waals surface area contributed by atoms with Crippen molar-refractivity contribution >= 4 is 0 Å². The van der Waals surface area contributed by atoms with Crippen LogP contribution in [0.1, 0.15) is 49.1 Å². The van der Waals surface area contributed by atoms with Gasteiger partial charge in [0.2, 0.25) is 0 Å². The quantitative estimate of drug-likeness (QED) is 0.759. The molecule has 0 amide bonds. The van der Waals surface area contributed by atoms with Gasteiger partial charge in [-0.05, 0) is 29.9 Å². The van der Waals surface area contributed by atoms with Gasteiger partial charge in [-0.25, -0.2) is 0 Å². The van der Waals surface area contributed by atoms with E-state index in [-0.39, 0.29) is 0 Å². The van der Waals surface area contributed by atoms with E-state index in [4.69, 9.17) is 5.73 Å². The normalized spacial score (nSPS) is 18.4. The molecule has 1 fully saturated rings. The van der Waals surface area contributed by atoms with E-state index in [0.717, 1.165) is 5.92 Å². The molecule has 0 heterocycles. The van der Waals surface area contributed by atoms with Gasteiger partial charge in [-0.2, -0.15) is 0 Å². The maximum Gasteiger partial charge on any atom is 0.0178 e. The standard InChI is InChI=1S/C13H19N/c14-10-11-6-8-13(9-7-11)12-4-2-1-3-5-12/h6-9,12H,1-5,10,14H2. The summed E-state index contributed by atoms with van der Waals surface area (Å²) in [4.78, 5) is 0. The first-order chi connectivity index (χ1) is 6.90. The molecule has 0 aliphatic heterocycles. The van der Waals surface area contributed by atoms with E-state index in [2.05, 4.69) is 24.3 Å². The van der Waals surface area contributed by atoms with Crippen molar-refractivity contribution in [1.29, 1.82) is 0 Å². The molecule has 0 radical (unpaired) electrons. The Morgan fingerprint density at radius 1 is 1.00 bits per heavy atom. The van der Waals surface area contributed by atoms with Crippen molar-refractivity contribution in [2.24, 2.45) is 5.73 Å². The van der Waals surface area contributed by atoms with E-state index in [1.165, 1.54) is 43.2 Å². The summed E-state index contributed by atoms with van der Waals surface area (Å²) in [7, 11) is 0. The Balaban J connectivity index is 2.07. The van der Waals surface area contributed by atoms with E-state index >= 15 is 0 Å². The second-order valence-corrected chi connectivity index (χ2v) is 4.28. The molecular formula is C13H19N. The molecule has 0 aromatic heterocycles. The van der Waals surface area contributed by atoms with Crippen molar-refractivity contribution in [3.05, 3.63) is 35.4 Å². The average Bonchev–Trinajstić information content (AvgIpc) is 2.30. The maximum absolute atomic E-state index is 5.58. The second kappa shape index (κ2) is 4.61. The Hall–Kier alpha value is -0.820. The number of rotatable bonds is 2. The van der Waals surface area contributed by atoms with Crippen LogP contribution in [0.2, 0.25) is 0 Å².